The van der Waals surface area contributed by atoms with Crippen LogP contribution in [-0.2, 0) is 6.42 Å². The highest BCUT2D eigenvalue weighted by atomic mass is 35.5. The first-order valence-electron chi connectivity index (χ1n) is 10.6. The normalized spacial score (nSPS) is 19.4. The van der Waals surface area contributed by atoms with Crippen molar-refractivity contribution in [1.29, 1.82) is 0 Å². The Kier molecular flexibility index (Phi) is 7.78. The molecule has 2 fully saturated rings. The second-order valence-corrected chi connectivity index (χ2v) is 8.12. The molecule has 4 heteroatoms. The van der Waals surface area contributed by atoms with Gasteiger partial charge in [-0.25, -0.2) is 0 Å². The molecule has 0 atom stereocenters. The lowest BCUT2D eigenvalue weighted by molar-refractivity contribution is 0.0855. The number of piperidine rings is 1. The fraction of sp³-hybridized carbons (Fsp3) is 0.500. The Balaban J connectivity index is 0.00000225. The number of hydrogen-bond donors (Lipinski definition) is 0. The van der Waals surface area contributed by atoms with E-state index in [1.54, 1.807) is 0 Å². The van der Waals surface area contributed by atoms with Crippen LogP contribution >= 0.6 is 12.4 Å². The molecule has 3 nitrogen and oxygen atoms in total. The second kappa shape index (κ2) is 10.3. The van der Waals surface area contributed by atoms with Crippen LogP contribution in [0.4, 0.5) is 5.69 Å². The maximum absolute atomic E-state index is 2.76. The van der Waals surface area contributed by atoms with Crippen molar-refractivity contribution >= 4 is 18.1 Å². The van der Waals surface area contributed by atoms with Gasteiger partial charge in [-0.3, -0.25) is 4.90 Å². The van der Waals surface area contributed by atoms with E-state index in [9.17, 15) is 0 Å². The highest BCUT2D eigenvalue weighted by Gasteiger charge is 2.27. The van der Waals surface area contributed by atoms with Crippen LogP contribution < -0.4 is 4.90 Å². The van der Waals surface area contributed by atoms with E-state index in [1.807, 2.05) is 0 Å². The molecule has 4 rings (SSSR count). The summed E-state index contributed by atoms with van der Waals surface area (Å²) in [5.74, 6) is 0. The number of piperazine rings is 1. The van der Waals surface area contributed by atoms with Crippen LogP contribution in [0.1, 0.15) is 24.0 Å². The second-order valence-electron chi connectivity index (χ2n) is 8.12. The van der Waals surface area contributed by atoms with Crippen LogP contribution in [0.25, 0.3) is 0 Å². The van der Waals surface area contributed by atoms with E-state index in [1.165, 1.54) is 81.9 Å². The fourth-order valence-electron chi connectivity index (χ4n) is 4.67. The molecule has 0 radical (unpaired) electrons. The monoisotopic (exact) mass is 399 g/mol. The van der Waals surface area contributed by atoms with Crippen molar-refractivity contribution in [2.45, 2.75) is 32.2 Å². The third-order valence-electron chi connectivity index (χ3n) is 6.40. The van der Waals surface area contributed by atoms with Crippen molar-refractivity contribution in [1.82, 2.24) is 9.80 Å². The van der Waals surface area contributed by atoms with E-state index in [0.29, 0.717) is 0 Å². The molecule has 2 aliphatic heterocycles. The maximum Gasteiger partial charge on any atom is 0.0395 e. The van der Waals surface area contributed by atoms with Gasteiger partial charge in [-0.15, -0.1) is 12.4 Å². The van der Waals surface area contributed by atoms with Gasteiger partial charge in [0.25, 0.3) is 0 Å². The number of halogens is 1. The first-order chi connectivity index (χ1) is 13.3. The summed E-state index contributed by atoms with van der Waals surface area (Å²) in [7, 11) is 0. The number of nitrogens with zero attached hydrogens (tertiary/aromatic N) is 3. The third kappa shape index (κ3) is 5.28. The summed E-state index contributed by atoms with van der Waals surface area (Å²) in [5.41, 5.74) is 4.30. The Morgan fingerprint density at radius 3 is 2.11 bits per heavy atom. The Labute approximate surface area is 176 Å². The molecule has 152 valence electrons. The van der Waals surface area contributed by atoms with Crippen LogP contribution in [0.3, 0.4) is 0 Å². The first kappa shape index (κ1) is 21.2. The molecule has 0 aromatic heterocycles. The molecule has 28 heavy (non-hydrogen) atoms. The number of hydrogen-bond acceptors (Lipinski definition) is 3. The molecule has 2 aliphatic rings. The van der Waals surface area contributed by atoms with Crippen LogP contribution in [-0.4, -0.2) is 61.7 Å². The number of aryl methyl sites for hydroxylation is 1. The zero-order valence-corrected chi connectivity index (χ0v) is 17.9. The molecule has 0 saturated carbocycles. The molecule has 0 unspecified atom stereocenters. The van der Waals surface area contributed by atoms with Crippen molar-refractivity contribution in [2.75, 3.05) is 50.7 Å². The van der Waals surface area contributed by atoms with Crippen molar-refractivity contribution in [2.24, 2.45) is 0 Å². The van der Waals surface area contributed by atoms with E-state index >= 15 is 0 Å². The van der Waals surface area contributed by atoms with Gasteiger partial charge in [0, 0.05) is 57.5 Å². The largest absolute Gasteiger partial charge is 0.371 e. The Hall–Kier alpha value is -1.55. The Morgan fingerprint density at radius 2 is 1.43 bits per heavy atom. The quantitative estimate of drug-likeness (QED) is 0.744. The SMILES string of the molecule is Cc1ccccc1N1CCC(N2CCN(CCc3ccccc3)CC2)CC1.Cl. The average molecular weight is 400 g/mol. The molecule has 0 aliphatic carbocycles. The van der Waals surface area contributed by atoms with Crippen molar-refractivity contribution in [3.05, 3.63) is 65.7 Å². The van der Waals surface area contributed by atoms with Gasteiger partial charge in [-0.2, -0.15) is 0 Å². The summed E-state index contributed by atoms with van der Waals surface area (Å²) >= 11 is 0. The Morgan fingerprint density at radius 1 is 0.786 bits per heavy atom. The third-order valence-corrected chi connectivity index (χ3v) is 6.40. The van der Waals surface area contributed by atoms with E-state index in [2.05, 4.69) is 76.2 Å². The minimum Gasteiger partial charge on any atom is -0.371 e. The summed E-state index contributed by atoms with van der Waals surface area (Å²) < 4.78 is 0. The zero-order chi connectivity index (χ0) is 18.5. The zero-order valence-electron chi connectivity index (χ0n) is 17.1. The molecule has 0 spiro atoms. The lowest BCUT2D eigenvalue weighted by Crippen LogP contribution is -2.53. The molecule has 0 N–H and O–H groups in total. The number of rotatable bonds is 5. The number of para-hydroxylation sites is 1. The van der Waals surface area contributed by atoms with Gasteiger partial charge in [0.15, 0.2) is 0 Å². The van der Waals surface area contributed by atoms with Crippen LogP contribution in [0.15, 0.2) is 54.6 Å². The number of anilines is 1. The van der Waals surface area contributed by atoms with Gasteiger partial charge in [0.2, 0.25) is 0 Å². The predicted molar refractivity (Wildman–Crippen MR) is 122 cm³/mol. The molecular weight excluding hydrogens is 366 g/mol. The van der Waals surface area contributed by atoms with Gasteiger partial charge in [-0.05, 0) is 43.4 Å². The van der Waals surface area contributed by atoms with Gasteiger partial charge >= 0.3 is 0 Å². The van der Waals surface area contributed by atoms with Gasteiger partial charge in [0.05, 0.1) is 0 Å². The summed E-state index contributed by atoms with van der Waals surface area (Å²) in [6.45, 7) is 10.8. The summed E-state index contributed by atoms with van der Waals surface area (Å²) in [4.78, 5) is 7.99. The topological polar surface area (TPSA) is 9.72 Å². The summed E-state index contributed by atoms with van der Waals surface area (Å²) in [6.07, 6.45) is 3.78. The minimum atomic E-state index is 0. The highest BCUT2D eigenvalue weighted by Crippen LogP contribution is 2.25. The molecule has 2 heterocycles. The van der Waals surface area contributed by atoms with E-state index in [-0.39, 0.29) is 12.4 Å². The molecular formula is C24H34ClN3. The van der Waals surface area contributed by atoms with E-state index in [4.69, 9.17) is 0 Å². The van der Waals surface area contributed by atoms with Gasteiger partial charge in [0.1, 0.15) is 0 Å². The number of benzene rings is 2. The lowest BCUT2D eigenvalue weighted by atomic mass is 10.0. The smallest absolute Gasteiger partial charge is 0.0395 e. The van der Waals surface area contributed by atoms with Crippen LogP contribution in [0.2, 0.25) is 0 Å². The Bertz CT molecular complexity index is 705. The van der Waals surface area contributed by atoms with E-state index < -0.39 is 0 Å². The van der Waals surface area contributed by atoms with Gasteiger partial charge < -0.3 is 9.80 Å². The lowest BCUT2D eigenvalue weighted by Gasteiger charge is -2.43. The molecule has 0 bridgehead atoms. The van der Waals surface area contributed by atoms with Crippen molar-refractivity contribution in [3.63, 3.8) is 0 Å². The van der Waals surface area contributed by atoms with Gasteiger partial charge in [-0.1, -0.05) is 48.5 Å². The molecule has 2 saturated heterocycles. The summed E-state index contributed by atoms with van der Waals surface area (Å²) in [6, 6.07) is 20.5. The maximum atomic E-state index is 2.76. The molecule has 2 aromatic carbocycles. The van der Waals surface area contributed by atoms with Crippen molar-refractivity contribution < 1.29 is 0 Å². The fourth-order valence-corrected chi connectivity index (χ4v) is 4.67. The average Bonchev–Trinajstić information content (AvgIpc) is 2.74. The predicted octanol–water partition coefficient (Wildman–Crippen LogP) is 4.25. The minimum absolute atomic E-state index is 0. The van der Waals surface area contributed by atoms with Crippen LogP contribution in [0.5, 0.6) is 0 Å². The standard InChI is InChI=1S/C24H33N3.ClH/c1-21-7-5-6-10-24(21)27-15-12-23(13-16-27)26-19-17-25(18-20-26)14-11-22-8-3-2-4-9-22;/h2-10,23H,11-20H2,1H3;1H. The molecule has 0 amide bonds. The van der Waals surface area contributed by atoms with Crippen LogP contribution in [0, 0.1) is 6.92 Å². The highest BCUT2D eigenvalue weighted by molar-refractivity contribution is 5.85. The molecule has 2 aromatic rings. The van der Waals surface area contributed by atoms with E-state index in [0.717, 1.165) is 6.04 Å². The summed E-state index contributed by atoms with van der Waals surface area (Å²) in [5, 5.41) is 0. The first-order valence-corrected chi connectivity index (χ1v) is 10.6. The van der Waals surface area contributed by atoms with Crippen molar-refractivity contribution in [3.8, 4) is 0 Å².